The van der Waals surface area contributed by atoms with Crippen molar-refractivity contribution in [2.24, 2.45) is 0 Å². The van der Waals surface area contributed by atoms with E-state index < -0.39 is 0 Å². The molecule has 1 N–H and O–H groups in total. The van der Waals surface area contributed by atoms with Crippen molar-refractivity contribution < 1.29 is 9.59 Å². The lowest BCUT2D eigenvalue weighted by Crippen LogP contribution is -2.30. The Morgan fingerprint density at radius 3 is 2.62 bits per heavy atom. The number of fused-ring (bicyclic) bond motifs is 1. The molecular weight excluding hydrogens is 350 g/mol. The maximum atomic E-state index is 12.3. The Labute approximate surface area is 135 Å². The minimum Gasteiger partial charge on any atom is -0.324 e. The summed E-state index contributed by atoms with van der Waals surface area (Å²) in [5, 5.41) is 2.48. The molecule has 1 aliphatic rings. The fourth-order valence-corrected chi connectivity index (χ4v) is 3.52. The molecule has 1 atom stereocenters. The molecule has 0 spiro atoms. The Kier molecular flexibility index (Phi) is 4.12. The molecule has 0 unspecified atom stereocenters. The number of halogens is 1. The lowest BCUT2D eigenvalue weighted by atomic mass is 10.1. The van der Waals surface area contributed by atoms with Crippen LogP contribution in [0.3, 0.4) is 0 Å². The van der Waals surface area contributed by atoms with Gasteiger partial charge in [0.25, 0.3) is 0 Å². The van der Waals surface area contributed by atoms with Crippen LogP contribution >= 0.6 is 27.7 Å². The molecule has 0 aromatic heterocycles. The van der Waals surface area contributed by atoms with Crippen LogP contribution in [0.15, 0.2) is 57.9 Å². The molecule has 3 nitrogen and oxygen atoms in total. The first-order chi connectivity index (χ1) is 10.1. The maximum absolute atomic E-state index is 12.3. The number of hydrogen-bond donors (Lipinski definition) is 1. The van der Waals surface area contributed by atoms with Gasteiger partial charge in [0.15, 0.2) is 5.78 Å². The van der Waals surface area contributed by atoms with Gasteiger partial charge in [-0.05, 0) is 24.3 Å². The van der Waals surface area contributed by atoms with E-state index in [0.717, 1.165) is 15.1 Å². The van der Waals surface area contributed by atoms with Crippen molar-refractivity contribution in [2.45, 2.75) is 16.6 Å². The van der Waals surface area contributed by atoms with Crippen LogP contribution in [0.2, 0.25) is 0 Å². The van der Waals surface area contributed by atoms with Crippen LogP contribution in [0.25, 0.3) is 0 Å². The van der Waals surface area contributed by atoms with Gasteiger partial charge in [-0.15, -0.1) is 11.8 Å². The van der Waals surface area contributed by atoms with Crippen LogP contribution in [0.5, 0.6) is 0 Å². The van der Waals surface area contributed by atoms with Gasteiger partial charge in [-0.3, -0.25) is 9.59 Å². The smallest absolute Gasteiger partial charge is 0.238 e. The molecule has 2 aromatic carbocycles. The highest BCUT2D eigenvalue weighted by Gasteiger charge is 2.28. The number of ketones is 1. The summed E-state index contributed by atoms with van der Waals surface area (Å²) in [5.74, 6) is -0.126. The van der Waals surface area contributed by atoms with E-state index >= 15 is 0 Å². The van der Waals surface area contributed by atoms with Gasteiger partial charge in [0, 0.05) is 21.4 Å². The number of anilines is 1. The molecule has 21 heavy (non-hydrogen) atoms. The third-order valence-corrected chi connectivity index (χ3v) is 5.05. The normalized spacial score (nSPS) is 17.0. The van der Waals surface area contributed by atoms with E-state index in [-0.39, 0.29) is 23.4 Å². The van der Waals surface area contributed by atoms with E-state index in [0.29, 0.717) is 5.56 Å². The van der Waals surface area contributed by atoms with Crippen LogP contribution in [-0.4, -0.2) is 16.9 Å². The summed E-state index contributed by atoms with van der Waals surface area (Å²) < 4.78 is 0.928. The van der Waals surface area contributed by atoms with Crippen LogP contribution in [0.1, 0.15) is 16.8 Å². The molecule has 3 rings (SSSR count). The van der Waals surface area contributed by atoms with Gasteiger partial charge in [-0.2, -0.15) is 0 Å². The molecule has 0 bridgehead atoms. The minimum atomic E-state index is -0.379. The highest BCUT2D eigenvalue weighted by atomic mass is 79.9. The van der Waals surface area contributed by atoms with Gasteiger partial charge >= 0.3 is 0 Å². The van der Waals surface area contributed by atoms with Crippen LogP contribution in [0, 0.1) is 0 Å². The zero-order chi connectivity index (χ0) is 14.8. The lowest BCUT2D eigenvalue weighted by Gasteiger charge is -2.23. The minimum absolute atomic E-state index is 0.0190. The Hall–Kier alpha value is -1.59. The number of nitrogens with one attached hydrogen (secondary N) is 1. The topological polar surface area (TPSA) is 46.2 Å². The number of thioether (sulfide) groups is 1. The third-order valence-electron chi connectivity index (χ3n) is 3.24. The third kappa shape index (κ3) is 3.19. The predicted molar refractivity (Wildman–Crippen MR) is 87.8 cm³/mol. The largest absolute Gasteiger partial charge is 0.324 e. The van der Waals surface area contributed by atoms with E-state index in [1.165, 1.54) is 11.8 Å². The van der Waals surface area contributed by atoms with Crippen molar-refractivity contribution in [1.82, 2.24) is 0 Å². The SMILES string of the molecule is O=C(C[C@H]1Sc2ccccc2NC1=O)c1ccc(Br)cc1. The molecule has 0 fully saturated rings. The van der Waals surface area contributed by atoms with E-state index in [1.807, 2.05) is 36.4 Å². The van der Waals surface area contributed by atoms with E-state index in [1.54, 1.807) is 12.1 Å². The van der Waals surface area contributed by atoms with Gasteiger partial charge in [-0.1, -0.05) is 40.2 Å². The number of benzene rings is 2. The van der Waals surface area contributed by atoms with Gasteiger partial charge in [0.2, 0.25) is 5.91 Å². The first-order valence-electron chi connectivity index (χ1n) is 6.49. The van der Waals surface area contributed by atoms with Crippen LogP contribution in [-0.2, 0) is 4.79 Å². The monoisotopic (exact) mass is 361 g/mol. The highest BCUT2D eigenvalue weighted by molar-refractivity contribution is 9.10. The summed E-state index contributed by atoms with van der Waals surface area (Å²) in [5.41, 5.74) is 1.45. The fourth-order valence-electron chi connectivity index (χ4n) is 2.15. The van der Waals surface area contributed by atoms with Crippen molar-refractivity contribution in [1.29, 1.82) is 0 Å². The van der Waals surface area contributed by atoms with Crippen molar-refractivity contribution in [3.63, 3.8) is 0 Å². The standard InChI is InChI=1S/C16H12BrNO2S/c17-11-7-5-10(6-8-11)13(19)9-15-16(20)18-12-3-1-2-4-14(12)21-15/h1-8,15H,9H2,(H,18,20)/t15-/m1/s1. The van der Waals surface area contributed by atoms with Crippen molar-refractivity contribution in [3.05, 3.63) is 58.6 Å². The summed E-state index contributed by atoms with van der Waals surface area (Å²) in [6, 6.07) is 14.8. The summed E-state index contributed by atoms with van der Waals surface area (Å²) in [6.07, 6.45) is 0.201. The Morgan fingerprint density at radius 1 is 1.14 bits per heavy atom. The Balaban J connectivity index is 1.75. The second-order valence-corrected chi connectivity index (χ2v) is 6.89. The number of carbonyl (C=O) groups is 2. The van der Waals surface area contributed by atoms with Crippen LogP contribution < -0.4 is 5.32 Å². The number of para-hydroxylation sites is 1. The van der Waals surface area contributed by atoms with E-state index in [9.17, 15) is 9.59 Å². The molecule has 1 heterocycles. The van der Waals surface area contributed by atoms with Gasteiger partial charge < -0.3 is 5.32 Å². The highest BCUT2D eigenvalue weighted by Crippen LogP contribution is 2.37. The molecule has 0 saturated carbocycles. The second kappa shape index (κ2) is 6.03. The molecule has 1 amide bonds. The molecule has 0 radical (unpaired) electrons. The molecule has 2 aromatic rings. The van der Waals surface area contributed by atoms with Crippen molar-refractivity contribution >= 4 is 45.1 Å². The first-order valence-corrected chi connectivity index (χ1v) is 8.16. The zero-order valence-electron chi connectivity index (χ0n) is 11.0. The van der Waals surface area contributed by atoms with Crippen molar-refractivity contribution in [2.75, 3.05) is 5.32 Å². The zero-order valence-corrected chi connectivity index (χ0v) is 13.4. The average Bonchev–Trinajstić information content (AvgIpc) is 2.48. The molecule has 0 aliphatic carbocycles. The van der Waals surface area contributed by atoms with Gasteiger partial charge in [0.05, 0.1) is 10.9 Å². The predicted octanol–water partition coefficient (Wildman–Crippen LogP) is 4.13. The van der Waals surface area contributed by atoms with E-state index in [4.69, 9.17) is 0 Å². The van der Waals surface area contributed by atoms with Crippen molar-refractivity contribution in [3.8, 4) is 0 Å². The number of Topliss-reactive ketones (excluding diaryl/α,β-unsaturated/α-hetero) is 1. The maximum Gasteiger partial charge on any atom is 0.238 e. The van der Waals surface area contributed by atoms with Gasteiger partial charge in [-0.25, -0.2) is 0 Å². The van der Waals surface area contributed by atoms with Gasteiger partial charge in [0.1, 0.15) is 0 Å². The first kappa shape index (κ1) is 14.4. The summed E-state index contributed by atoms with van der Waals surface area (Å²) in [7, 11) is 0. The fraction of sp³-hybridized carbons (Fsp3) is 0.125. The Morgan fingerprint density at radius 2 is 1.86 bits per heavy atom. The molecule has 106 valence electrons. The molecule has 1 aliphatic heterocycles. The number of rotatable bonds is 3. The molecule has 0 saturated heterocycles. The number of carbonyl (C=O) groups excluding carboxylic acids is 2. The Bertz CT molecular complexity index is 700. The number of amides is 1. The summed E-state index contributed by atoms with van der Waals surface area (Å²) in [4.78, 5) is 25.4. The molecular formula is C16H12BrNO2S. The number of hydrogen-bond acceptors (Lipinski definition) is 3. The lowest BCUT2D eigenvalue weighted by molar-refractivity contribution is -0.115. The quantitative estimate of drug-likeness (QED) is 0.835. The second-order valence-electron chi connectivity index (χ2n) is 4.73. The molecule has 5 heteroatoms. The van der Waals surface area contributed by atoms with E-state index in [2.05, 4.69) is 21.2 Å². The average molecular weight is 362 g/mol. The summed E-state index contributed by atoms with van der Waals surface area (Å²) in [6.45, 7) is 0. The van der Waals surface area contributed by atoms with Crippen LogP contribution in [0.4, 0.5) is 5.69 Å². The summed E-state index contributed by atoms with van der Waals surface area (Å²) >= 11 is 4.79.